The number of hydrogen-bond donors (Lipinski definition) is 0. The molecule has 8 heteroatoms. The van der Waals surface area contributed by atoms with Gasteiger partial charge in [0.05, 0.1) is 6.42 Å². The molecule has 0 aliphatic rings. The molecule has 82 valence electrons. The number of ether oxygens (including phenoxy) is 1. The van der Waals surface area contributed by atoms with E-state index in [1.54, 1.807) is 0 Å². The second kappa shape index (κ2) is 3.89. The van der Waals surface area contributed by atoms with Gasteiger partial charge in [-0.05, 0) is 0 Å². The van der Waals surface area contributed by atoms with Crippen LogP contribution in [0.15, 0.2) is 12.2 Å². The summed E-state index contributed by atoms with van der Waals surface area (Å²) in [7, 11) is 0. The molecule has 0 aliphatic carbocycles. The Morgan fingerprint density at radius 3 is 1.86 bits per heavy atom. The summed E-state index contributed by atoms with van der Waals surface area (Å²) in [5, 5.41) is 0. The Morgan fingerprint density at radius 1 is 1.14 bits per heavy atom. The molecule has 0 saturated carbocycles. The van der Waals surface area contributed by atoms with Crippen LogP contribution in [0.1, 0.15) is 6.42 Å². The summed E-state index contributed by atoms with van der Waals surface area (Å²) in [4.78, 5) is 10.3. The van der Waals surface area contributed by atoms with Crippen LogP contribution in [0, 0.1) is 0 Å². The van der Waals surface area contributed by atoms with E-state index in [4.69, 9.17) is 0 Å². The Balaban J connectivity index is 4.22. The third-order valence-corrected chi connectivity index (χ3v) is 0.911. The number of halogens is 6. The van der Waals surface area contributed by atoms with E-state index in [1.807, 2.05) is 0 Å². The van der Waals surface area contributed by atoms with Crippen LogP contribution < -0.4 is 0 Å². The van der Waals surface area contributed by atoms with Crippen molar-refractivity contribution in [1.29, 1.82) is 0 Å². The molecule has 0 aromatic heterocycles. The molecule has 0 fully saturated rings. The highest BCUT2D eigenvalue weighted by Crippen LogP contribution is 2.26. The maximum atomic E-state index is 11.5. The standard InChI is InChI=1S/C6H4F6O2/c1-3(2-5(7,8)9)4(13)14-6(10,11)12/h1-2H2. The third kappa shape index (κ3) is 6.32. The lowest BCUT2D eigenvalue weighted by atomic mass is 10.2. The molecule has 14 heavy (non-hydrogen) atoms. The quantitative estimate of drug-likeness (QED) is 0.407. The van der Waals surface area contributed by atoms with E-state index in [9.17, 15) is 31.1 Å². The van der Waals surface area contributed by atoms with Gasteiger partial charge in [-0.3, -0.25) is 0 Å². The Kier molecular flexibility index (Phi) is 3.55. The first-order valence-electron chi connectivity index (χ1n) is 3.06. The van der Waals surface area contributed by atoms with Gasteiger partial charge in [-0.15, -0.1) is 13.2 Å². The SMILES string of the molecule is C=C(CC(F)(F)F)C(=O)OC(F)(F)F. The second-order valence-corrected chi connectivity index (χ2v) is 2.23. The minimum Gasteiger partial charge on any atom is -0.369 e. The van der Waals surface area contributed by atoms with Crippen LogP contribution in [0.5, 0.6) is 0 Å². The lowest BCUT2D eigenvalue weighted by molar-refractivity contribution is -0.304. The van der Waals surface area contributed by atoms with Gasteiger partial charge in [-0.25, -0.2) is 4.79 Å². The van der Waals surface area contributed by atoms with Gasteiger partial charge in [0, 0.05) is 5.57 Å². The van der Waals surface area contributed by atoms with E-state index in [0.29, 0.717) is 0 Å². The summed E-state index contributed by atoms with van der Waals surface area (Å²) in [5.41, 5.74) is -1.30. The summed E-state index contributed by atoms with van der Waals surface area (Å²) < 4.78 is 71.4. The van der Waals surface area contributed by atoms with Crippen molar-refractivity contribution >= 4 is 5.97 Å². The zero-order valence-electron chi connectivity index (χ0n) is 6.50. The molecule has 0 unspecified atom stereocenters. The van der Waals surface area contributed by atoms with Gasteiger partial charge in [-0.2, -0.15) is 13.2 Å². The normalized spacial score (nSPS) is 12.4. The summed E-state index contributed by atoms with van der Waals surface area (Å²) in [6, 6.07) is 0. The largest absolute Gasteiger partial charge is 0.575 e. The summed E-state index contributed by atoms with van der Waals surface area (Å²) in [6.07, 6.45) is -11.9. The van der Waals surface area contributed by atoms with E-state index < -0.39 is 30.5 Å². The molecule has 0 aromatic carbocycles. The number of carbonyl (C=O) groups is 1. The Bertz CT molecular complexity index is 212. The number of esters is 1. The molecule has 2 nitrogen and oxygen atoms in total. The van der Waals surface area contributed by atoms with E-state index in [1.165, 1.54) is 0 Å². The smallest absolute Gasteiger partial charge is 0.369 e. The third-order valence-electron chi connectivity index (χ3n) is 0.911. The van der Waals surface area contributed by atoms with Gasteiger partial charge >= 0.3 is 18.5 Å². The lowest BCUT2D eigenvalue weighted by Gasteiger charge is -2.10. The first kappa shape index (κ1) is 12.8. The molecule has 0 spiro atoms. The van der Waals surface area contributed by atoms with Crippen LogP contribution in [-0.4, -0.2) is 18.5 Å². The average Bonchev–Trinajstić information content (AvgIpc) is 1.78. The molecule has 0 rings (SSSR count). The van der Waals surface area contributed by atoms with E-state index in [2.05, 4.69) is 11.3 Å². The molecular formula is C6H4F6O2. The fraction of sp³-hybridized carbons (Fsp3) is 0.500. The fourth-order valence-corrected chi connectivity index (χ4v) is 0.491. The second-order valence-electron chi connectivity index (χ2n) is 2.23. The summed E-state index contributed by atoms with van der Waals surface area (Å²) in [6.45, 7) is 2.53. The van der Waals surface area contributed by atoms with Crippen LogP contribution in [-0.2, 0) is 9.53 Å². The van der Waals surface area contributed by atoms with Crippen LogP contribution in [0.4, 0.5) is 26.3 Å². The first-order valence-corrected chi connectivity index (χ1v) is 3.06. The molecule has 0 radical (unpaired) electrons. The summed E-state index contributed by atoms with van der Waals surface area (Å²) >= 11 is 0. The zero-order chi connectivity index (χ0) is 11.6. The van der Waals surface area contributed by atoms with Gasteiger partial charge in [0.1, 0.15) is 0 Å². The van der Waals surface area contributed by atoms with Crippen LogP contribution in [0.25, 0.3) is 0 Å². The van der Waals surface area contributed by atoms with Crippen molar-refractivity contribution in [3.8, 4) is 0 Å². The molecule has 0 aliphatic heterocycles. The molecule has 0 heterocycles. The number of carbonyl (C=O) groups excluding carboxylic acids is 1. The van der Waals surface area contributed by atoms with Gasteiger partial charge in [0.2, 0.25) is 0 Å². The van der Waals surface area contributed by atoms with Gasteiger partial charge in [0.25, 0.3) is 0 Å². The van der Waals surface area contributed by atoms with Gasteiger partial charge in [-0.1, -0.05) is 6.58 Å². The zero-order valence-corrected chi connectivity index (χ0v) is 6.50. The van der Waals surface area contributed by atoms with Crippen molar-refractivity contribution in [2.45, 2.75) is 19.0 Å². The van der Waals surface area contributed by atoms with Crippen LogP contribution in [0.2, 0.25) is 0 Å². The van der Waals surface area contributed by atoms with E-state index in [0.717, 1.165) is 0 Å². The van der Waals surface area contributed by atoms with Crippen molar-refractivity contribution in [2.24, 2.45) is 0 Å². The molecule has 0 amide bonds. The molecular weight excluding hydrogens is 218 g/mol. The number of rotatable bonds is 2. The van der Waals surface area contributed by atoms with Gasteiger partial charge < -0.3 is 4.74 Å². The highest BCUT2D eigenvalue weighted by atomic mass is 19.4. The first-order chi connectivity index (χ1) is 6.01. The summed E-state index contributed by atoms with van der Waals surface area (Å²) in [5.74, 6) is -2.13. The van der Waals surface area contributed by atoms with E-state index >= 15 is 0 Å². The minimum absolute atomic E-state index is 1.30. The van der Waals surface area contributed by atoms with Crippen molar-refractivity contribution < 1.29 is 35.9 Å². The van der Waals surface area contributed by atoms with Crippen molar-refractivity contribution in [2.75, 3.05) is 0 Å². The predicted octanol–water partition coefficient (Wildman–Crippen LogP) is 2.56. The molecule has 0 atom stereocenters. The number of hydrogen-bond acceptors (Lipinski definition) is 2. The molecule has 0 bridgehead atoms. The average molecular weight is 222 g/mol. The van der Waals surface area contributed by atoms with Crippen LogP contribution >= 0.6 is 0 Å². The molecule has 0 N–H and O–H groups in total. The highest BCUT2D eigenvalue weighted by molar-refractivity contribution is 5.87. The van der Waals surface area contributed by atoms with Crippen molar-refractivity contribution in [3.63, 3.8) is 0 Å². The number of alkyl halides is 6. The minimum atomic E-state index is -5.30. The topological polar surface area (TPSA) is 26.3 Å². The predicted molar refractivity (Wildman–Crippen MR) is 32.0 cm³/mol. The van der Waals surface area contributed by atoms with Crippen molar-refractivity contribution in [3.05, 3.63) is 12.2 Å². The lowest BCUT2D eigenvalue weighted by Crippen LogP contribution is -2.22. The maximum Gasteiger partial charge on any atom is 0.575 e. The highest BCUT2D eigenvalue weighted by Gasteiger charge is 2.37. The maximum absolute atomic E-state index is 11.5. The Labute approximate surface area is 74.1 Å². The monoisotopic (exact) mass is 222 g/mol. The van der Waals surface area contributed by atoms with Crippen LogP contribution in [0.3, 0.4) is 0 Å². The van der Waals surface area contributed by atoms with E-state index in [-0.39, 0.29) is 0 Å². The fourth-order valence-electron chi connectivity index (χ4n) is 0.491. The Hall–Kier alpha value is -1.21. The molecule has 0 saturated heterocycles. The van der Waals surface area contributed by atoms with Gasteiger partial charge in [0.15, 0.2) is 0 Å². The van der Waals surface area contributed by atoms with Crippen molar-refractivity contribution in [1.82, 2.24) is 0 Å². The Morgan fingerprint density at radius 2 is 1.57 bits per heavy atom. The molecule has 0 aromatic rings.